The fourth-order valence-electron chi connectivity index (χ4n) is 1.71. The summed E-state index contributed by atoms with van der Waals surface area (Å²) in [4.78, 5) is -0.208. The second-order valence-electron chi connectivity index (χ2n) is 4.10. The average molecular weight is 337 g/mol. The van der Waals surface area contributed by atoms with Crippen LogP contribution in [0.15, 0.2) is 23.1 Å². The number of nitrogens with one attached hydrogen (secondary N) is 1. The summed E-state index contributed by atoms with van der Waals surface area (Å²) in [6.07, 6.45) is 0. The molecule has 0 atom stereocenters. The molecule has 0 aliphatic heterocycles. The van der Waals surface area contributed by atoms with Crippen molar-refractivity contribution in [3.8, 4) is 5.75 Å². The Labute approximate surface area is 125 Å². The van der Waals surface area contributed by atoms with E-state index in [1.807, 2.05) is 0 Å². The third-order valence-electron chi connectivity index (χ3n) is 2.78. The van der Waals surface area contributed by atoms with E-state index in [-0.39, 0.29) is 29.4 Å². The molecule has 120 valence electrons. The Kier molecular flexibility index (Phi) is 5.56. The molecule has 0 unspecified atom stereocenters. The Morgan fingerprint density at radius 3 is 2.19 bits per heavy atom. The van der Waals surface area contributed by atoms with E-state index >= 15 is 0 Å². The van der Waals surface area contributed by atoms with Crippen molar-refractivity contribution in [2.24, 2.45) is 5.14 Å². The lowest BCUT2D eigenvalue weighted by Crippen LogP contribution is -2.35. The molecule has 0 spiro atoms. The van der Waals surface area contributed by atoms with Crippen LogP contribution in [0, 0.1) is 0 Å². The molecule has 0 aliphatic carbocycles. The number of hydrogen-bond acceptors (Lipinski definition) is 5. The monoisotopic (exact) mass is 337 g/mol. The first-order valence-corrected chi connectivity index (χ1v) is 9.13. The van der Waals surface area contributed by atoms with Crippen molar-refractivity contribution in [2.75, 3.05) is 24.9 Å². The van der Waals surface area contributed by atoms with Crippen LogP contribution in [0.1, 0.15) is 13.8 Å². The minimum absolute atomic E-state index is 0.0101. The normalized spacial score (nSPS) is 12.4. The highest BCUT2D eigenvalue weighted by molar-refractivity contribution is 7.90. The van der Waals surface area contributed by atoms with Crippen molar-refractivity contribution in [3.63, 3.8) is 0 Å². The summed E-state index contributed by atoms with van der Waals surface area (Å²) in [5, 5.41) is 5.04. The average Bonchev–Trinajstić information content (AvgIpc) is 2.38. The first-order chi connectivity index (χ1) is 9.65. The minimum atomic E-state index is -3.94. The molecule has 0 saturated heterocycles. The van der Waals surface area contributed by atoms with Crippen molar-refractivity contribution >= 4 is 25.9 Å². The van der Waals surface area contributed by atoms with Crippen LogP contribution in [0.3, 0.4) is 0 Å². The van der Waals surface area contributed by atoms with Crippen LogP contribution in [-0.2, 0) is 20.2 Å². The van der Waals surface area contributed by atoms with Crippen molar-refractivity contribution in [3.05, 3.63) is 18.2 Å². The molecular formula is C11H19N3O5S2. The molecule has 0 aromatic heterocycles. The zero-order valence-electron chi connectivity index (χ0n) is 12.0. The molecule has 0 amide bonds. The van der Waals surface area contributed by atoms with E-state index in [1.54, 1.807) is 13.8 Å². The van der Waals surface area contributed by atoms with E-state index in [0.29, 0.717) is 0 Å². The third-order valence-corrected chi connectivity index (χ3v) is 5.37. The van der Waals surface area contributed by atoms with Gasteiger partial charge < -0.3 is 4.74 Å². The van der Waals surface area contributed by atoms with Gasteiger partial charge in [0, 0.05) is 13.1 Å². The van der Waals surface area contributed by atoms with Gasteiger partial charge in [-0.25, -0.2) is 13.6 Å². The van der Waals surface area contributed by atoms with Crippen LogP contribution in [0.5, 0.6) is 5.75 Å². The van der Waals surface area contributed by atoms with E-state index < -0.39 is 20.2 Å². The minimum Gasteiger partial charge on any atom is -0.495 e. The lowest BCUT2D eigenvalue weighted by Gasteiger charge is -2.20. The number of sulfonamides is 1. The summed E-state index contributed by atoms with van der Waals surface area (Å²) in [6, 6.07) is 3.69. The van der Waals surface area contributed by atoms with Gasteiger partial charge in [0.2, 0.25) is 10.0 Å². The molecule has 1 aromatic carbocycles. The smallest absolute Gasteiger partial charge is 0.301 e. The number of anilines is 1. The largest absolute Gasteiger partial charge is 0.495 e. The topological polar surface area (TPSA) is 119 Å². The van der Waals surface area contributed by atoms with Crippen LogP contribution >= 0.6 is 0 Å². The molecule has 8 nitrogen and oxygen atoms in total. The number of primary sulfonamides is 1. The predicted octanol–water partition coefficient (Wildman–Crippen LogP) is 0.341. The third kappa shape index (κ3) is 4.30. The molecule has 0 radical (unpaired) electrons. The second-order valence-corrected chi connectivity index (χ2v) is 7.33. The van der Waals surface area contributed by atoms with E-state index in [2.05, 4.69) is 4.72 Å². The van der Waals surface area contributed by atoms with E-state index in [1.165, 1.54) is 23.5 Å². The number of nitrogens with zero attached hydrogens (tertiary/aromatic N) is 1. The Hall–Kier alpha value is -1.36. The summed E-state index contributed by atoms with van der Waals surface area (Å²) in [5.41, 5.74) is 0.0101. The van der Waals surface area contributed by atoms with Gasteiger partial charge in [-0.3, -0.25) is 4.72 Å². The van der Waals surface area contributed by atoms with Gasteiger partial charge in [0.25, 0.3) is 0 Å². The molecule has 3 N–H and O–H groups in total. The number of ether oxygens (including phenoxy) is 1. The van der Waals surface area contributed by atoms with Gasteiger partial charge in [0.15, 0.2) is 0 Å². The molecule has 1 aromatic rings. The first kappa shape index (κ1) is 17.7. The highest BCUT2D eigenvalue weighted by Gasteiger charge is 2.21. The zero-order chi connectivity index (χ0) is 16.3. The van der Waals surface area contributed by atoms with Crippen LogP contribution in [0.25, 0.3) is 0 Å². The summed E-state index contributed by atoms with van der Waals surface area (Å²) in [7, 11) is -6.40. The highest BCUT2D eigenvalue weighted by atomic mass is 32.2. The lowest BCUT2D eigenvalue weighted by atomic mass is 10.3. The number of benzene rings is 1. The first-order valence-electron chi connectivity index (χ1n) is 6.14. The standard InChI is InChI=1S/C11H19N3O5S2/c1-4-14(5-2)21(17,18)13-10-8-9(20(12,15)16)6-7-11(10)19-3/h6-8,13H,4-5H2,1-3H3,(H2,12,15,16). The molecule has 10 heteroatoms. The predicted molar refractivity (Wildman–Crippen MR) is 79.8 cm³/mol. The summed E-state index contributed by atoms with van der Waals surface area (Å²) >= 11 is 0. The Morgan fingerprint density at radius 1 is 1.19 bits per heavy atom. The Bertz CT molecular complexity index is 697. The van der Waals surface area contributed by atoms with Crippen molar-refractivity contribution in [1.29, 1.82) is 0 Å². The summed E-state index contributed by atoms with van der Waals surface area (Å²) in [5.74, 6) is 0.193. The van der Waals surface area contributed by atoms with E-state index in [0.717, 1.165) is 6.07 Å². The highest BCUT2D eigenvalue weighted by Crippen LogP contribution is 2.28. The van der Waals surface area contributed by atoms with Gasteiger partial charge in [-0.1, -0.05) is 13.8 Å². The summed E-state index contributed by atoms with van der Waals surface area (Å²) < 4.78 is 55.6. The maximum atomic E-state index is 12.2. The fourth-order valence-corrected chi connectivity index (χ4v) is 3.50. The molecular weight excluding hydrogens is 318 g/mol. The number of methoxy groups -OCH3 is 1. The Balaban J connectivity index is 3.29. The van der Waals surface area contributed by atoms with Crippen LogP contribution in [-0.4, -0.2) is 41.3 Å². The number of hydrogen-bond donors (Lipinski definition) is 2. The summed E-state index contributed by atoms with van der Waals surface area (Å²) in [6.45, 7) is 3.95. The van der Waals surface area contributed by atoms with Crippen LogP contribution < -0.4 is 14.6 Å². The van der Waals surface area contributed by atoms with E-state index in [9.17, 15) is 16.8 Å². The molecule has 0 fully saturated rings. The molecule has 1 rings (SSSR count). The van der Waals surface area contributed by atoms with E-state index in [4.69, 9.17) is 9.88 Å². The van der Waals surface area contributed by atoms with Gasteiger partial charge in [0.05, 0.1) is 17.7 Å². The lowest BCUT2D eigenvalue weighted by molar-refractivity contribution is 0.415. The SMILES string of the molecule is CCN(CC)S(=O)(=O)Nc1cc(S(N)(=O)=O)ccc1OC. The maximum Gasteiger partial charge on any atom is 0.301 e. The molecule has 21 heavy (non-hydrogen) atoms. The van der Waals surface area contributed by atoms with Gasteiger partial charge in [-0.2, -0.15) is 12.7 Å². The van der Waals surface area contributed by atoms with Gasteiger partial charge in [-0.15, -0.1) is 0 Å². The van der Waals surface area contributed by atoms with Crippen LogP contribution in [0.4, 0.5) is 5.69 Å². The molecule has 0 aliphatic rings. The second kappa shape index (κ2) is 6.60. The van der Waals surface area contributed by atoms with Crippen LogP contribution in [0.2, 0.25) is 0 Å². The molecule has 0 heterocycles. The zero-order valence-corrected chi connectivity index (χ0v) is 13.7. The van der Waals surface area contributed by atoms with Gasteiger partial charge in [-0.05, 0) is 18.2 Å². The molecule has 0 bridgehead atoms. The maximum absolute atomic E-state index is 12.2. The van der Waals surface area contributed by atoms with Crippen molar-refractivity contribution in [1.82, 2.24) is 4.31 Å². The van der Waals surface area contributed by atoms with Crippen molar-refractivity contribution < 1.29 is 21.6 Å². The number of nitrogens with two attached hydrogens (primary N) is 1. The van der Waals surface area contributed by atoms with Crippen molar-refractivity contribution in [2.45, 2.75) is 18.7 Å². The number of rotatable bonds is 7. The molecule has 0 saturated carbocycles. The van der Waals surface area contributed by atoms with Gasteiger partial charge in [0.1, 0.15) is 5.75 Å². The fraction of sp³-hybridized carbons (Fsp3) is 0.455. The quantitative estimate of drug-likeness (QED) is 0.743. The van der Waals surface area contributed by atoms with Gasteiger partial charge >= 0.3 is 10.2 Å². The Morgan fingerprint density at radius 2 is 1.76 bits per heavy atom.